The number of imidazole rings is 1. The van der Waals surface area contributed by atoms with Crippen LogP contribution in [0.4, 0.5) is 0 Å². The first-order valence-electron chi connectivity index (χ1n) is 9.05. The summed E-state index contributed by atoms with van der Waals surface area (Å²) in [5.74, 6) is 0.265. The maximum Gasteiger partial charge on any atom is 0.154 e. The van der Waals surface area contributed by atoms with Crippen molar-refractivity contribution in [3.8, 4) is 11.1 Å². The molecule has 1 aliphatic heterocycles. The van der Waals surface area contributed by atoms with Crippen molar-refractivity contribution in [2.45, 2.75) is 38.3 Å². The lowest BCUT2D eigenvalue weighted by Gasteiger charge is -2.22. The summed E-state index contributed by atoms with van der Waals surface area (Å²) >= 11 is 0. The van der Waals surface area contributed by atoms with Crippen molar-refractivity contribution in [2.24, 2.45) is 0 Å². The Labute approximate surface area is 147 Å². The van der Waals surface area contributed by atoms with Gasteiger partial charge in [-0.25, -0.2) is 4.98 Å². The number of benzene rings is 2. The number of ketones is 1. The molecule has 1 atom stereocenters. The van der Waals surface area contributed by atoms with Gasteiger partial charge in [0.05, 0.1) is 23.9 Å². The van der Waals surface area contributed by atoms with Gasteiger partial charge in [-0.3, -0.25) is 4.79 Å². The number of fused-ring (bicyclic) bond motifs is 1. The van der Waals surface area contributed by atoms with Crippen LogP contribution in [0, 0.1) is 0 Å². The molecular weight excluding hydrogens is 310 g/mol. The minimum atomic E-state index is 0.265. The molecule has 1 aliphatic rings. The van der Waals surface area contributed by atoms with E-state index >= 15 is 0 Å². The number of rotatable bonds is 5. The quantitative estimate of drug-likeness (QED) is 0.772. The zero-order valence-corrected chi connectivity index (χ0v) is 14.3. The fourth-order valence-corrected chi connectivity index (χ4v) is 3.73. The lowest BCUT2D eigenvalue weighted by Crippen LogP contribution is -2.36. The summed E-state index contributed by atoms with van der Waals surface area (Å²) in [5.41, 5.74) is 4.25. The molecule has 3 aromatic rings. The van der Waals surface area contributed by atoms with E-state index in [9.17, 15) is 4.79 Å². The van der Waals surface area contributed by atoms with Crippen molar-refractivity contribution < 1.29 is 4.79 Å². The molecule has 4 nitrogen and oxygen atoms in total. The van der Waals surface area contributed by atoms with Crippen molar-refractivity contribution >= 4 is 16.8 Å². The molecule has 4 heteroatoms. The molecule has 0 bridgehead atoms. The van der Waals surface area contributed by atoms with Gasteiger partial charge >= 0.3 is 0 Å². The van der Waals surface area contributed by atoms with Crippen LogP contribution in [0.15, 0.2) is 54.9 Å². The van der Waals surface area contributed by atoms with Crippen LogP contribution in [0.3, 0.4) is 0 Å². The number of piperidine rings is 1. The van der Waals surface area contributed by atoms with Crippen LogP contribution in [-0.2, 0) is 11.3 Å². The summed E-state index contributed by atoms with van der Waals surface area (Å²) in [6.07, 6.45) is 5.94. The van der Waals surface area contributed by atoms with Crippen LogP contribution in [-0.4, -0.2) is 27.9 Å². The third kappa shape index (κ3) is 3.49. The molecule has 4 rings (SSSR count). The van der Waals surface area contributed by atoms with E-state index in [2.05, 4.69) is 28.5 Å². The SMILES string of the molecule is O=C(C[C@@H]1CCCCN1)Cn1cnc2cccc(-c3ccccc3)c21. The Kier molecular flexibility index (Phi) is 4.61. The van der Waals surface area contributed by atoms with Crippen molar-refractivity contribution in [1.29, 1.82) is 0 Å². The van der Waals surface area contributed by atoms with E-state index in [4.69, 9.17) is 0 Å². The largest absolute Gasteiger partial charge is 0.323 e. The van der Waals surface area contributed by atoms with Crippen LogP contribution in [0.5, 0.6) is 0 Å². The molecule has 1 aromatic heterocycles. The Morgan fingerprint density at radius 3 is 2.80 bits per heavy atom. The van der Waals surface area contributed by atoms with Crippen molar-refractivity contribution in [1.82, 2.24) is 14.9 Å². The zero-order valence-electron chi connectivity index (χ0n) is 14.3. The molecule has 1 saturated heterocycles. The monoisotopic (exact) mass is 333 g/mol. The van der Waals surface area contributed by atoms with Crippen molar-refractivity contribution in [2.75, 3.05) is 6.54 Å². The molecule has 2 aromatic carbocycles. The van der Waals surface area contributed by atoms with Crippen LogP contribution >= 0.6 is 0 Å². The van der Waals surface area contributed by atoms with Crippen LogP contribution in [0.2, 0.25) is 0 Å². The minimum Gasteiger partial charge on any atom is -0.323 e. The molecule has 25 heavy (non-hydrogen) atoms. The molecule has 2 heterocycles. The van der Waals surface area contributed by atoms with E-state index < -0.39 is 0 Å². The summed E-state index contributed by atoms with van der Waals surface area (Å²) in [6.45, 7) is 1.42. The lowest BCUT2D eigenvalue weighted by molar-refractivity contribution is -0.120. The number of aromatic nitrogens is 2. The van der Waals surface area contributed by atoms with Crippen LogP contribution < -0.4 is 5.32 Å². The molecule has 0 aliphatic carbocycles. The van der Waals surface area contributed by atoms with Crippen LogP contribution in [0.1, 0.15) is 25.7 Å². The van der Waals surface area contributed by atoms with Crippen molar-refractivity contribution in [3.05, 3.63) is 54.9 Å². The number of para-hydroxylation sites is 1. The molecule has 128 valence electrons. The first-order valence-corrected chi connectivity index (χ1v) is 9.05. The third-order valence-corrected chi connectivity index (χ3v) is 4.96. The lowest BCUT2D eigenvalue weighted by atomic mass is 10.00. The number of nitrogens with one attached hydrogen (secondary N) is 1. The fraction of sp³-hybridized carbons (Fsp3) is 0.333. The number of hydrogen-bond donors (Lipinski definition) is 1. The number of carbonyl (C=O) groups excluding carboxylic acids is 1. The van der Waals surface area contributed by atoms with Crippen LogP contribution in [0.25, 0.3) is 22.2 Å². The second kappa shape index (κ2) is 7.19. The highest BCUT2D eigenvalue weighted by Gasteiger charge is 2.18. The topological polar surface area (TPSA) is 46.9 Å². The number of Topliss-reactive ketones (excluding diaryl/α,β-unsaturated/α-hetero) is 1. The molecule has 0 saturated carbocycles. The molecule has 0 spiro atoms. The maximum atomic E-state index is 12.6. The molecule has 1 fully saturated rings. The molecule has 0 radical (unpaired) electrons. The van der Waals surface area contributed by atoms with E-state index in [1.54, 1.807) is 6.33 Å². The Bertz CT molecular complexity index is 863. The highest BCUT2D eigenvalue weighted by atomic mass is 16.1. The van der Waals surface area contributed by atoms with Gasteiger partial charge in [0.15, 0.2) is 5.78 Å². The van der Waals surface area contributed by atoms with E-state index in [-0.39, 0.29) is 5.78 Å². The molecule has 0 unspecified atom stereocenters. The van der Waals surface area contributed by atoms with Gasteiger partial charge in [-0.1, -0.05) is 48.9 Å². The van der Waals surface area contributed by atoms with E-state index in [1.807, 2.05) is 34.9 Å². The summed E-state index contributed by atoms with van der Waals surface area (Å²) in [6, 6.07) is 16.7. The Hall–Kier alpha value is -2.46. The first-order chi connectivity index (χ1) is 12.3. The van der Waals surface area contributed by atoms with Gasteiger partial charge < -0.3 is 9.88 Å². The van der Waals surface area contributed by atoms with Gasteiger partial charge in [0.1, 0.15) is 0 Å². The number of nitrogens with zero attached hydrogens (tertiary/aromatic N) is 2. The highest BCUT2D eigenvalue weighted by molar-refractivity contribution is 5.93. The highest BCUT2D eigenvalue weighted by Crippen LogP contribution is 2.28. The van der Waals surface area contributed by atoms with Gasteiger partial charge in [0.2, 0.25) is 0 Å². The third-order valence-electron chi connectivity index (χ3n) is 4.96. The van der Waals surface area contributed by atoms with E-state index in [1.165, 1.54) is 12.8 Å². The second-order valence-electron chi connectivity index (χ2n) is 6.80. The predicted octanol–water partition coefficient (Wildman–Crippen LogP) is 3.80. The summed E-state index contributed by atoms with van der Waals surface area (Å²) in [4.78, 5) is 17.1. The van der Waals surface area contributed by atoms with Gasteiger partial charge in [0, 0.05) is 18.0 Å². The predicted molar refractivity (Wildman–Crippen MR) is 100 cm³/mol. The second-order valence-corrected chi connectivity index (χ2v) is 6.80. The minimum absolute atomic E-state index is 0.265. The fourth-order valence-electron chi connectivity index (χ4n) is 3.73. The Morgan fingerprint density at radius 2 is 2.00 bits per heavy atom. The van der Waals surface area contributed by atoms with Gasteiger partial charge in [-0.05, 0) is 31.0 Å². The number of hydrogen-bond acceptors (Lipinski definition) is 3. The smallest absolute Gasteiger partial charge is 0.154 e. The van der Waals surface area contributed by atoms with E-state index in [0.717, 1.165) is 35.1 Å². The van der Waals surface area contributed by atoms with Gasteiger partial charge in [-0.15, -0.1) is 0 Å². The zero-order chi connectivity index (χ0) is 17.1. The maximum absolute atomic E-state index is 12.6. The summed E-state index contributed by atoms with van der Waals surface area (Å²) in [5, 5.41) is 3.46. The van der Waals surface area contributed by atoms with Crippen molar-refractivity contribution in [3.63, 3.8) is 0 Å². The Morgan fingerprint density at radius 1 is 1.12 bits per heavy atom. The summed E-state index contributed by atoms with van der Waals surface area (Å²) < 4.78 is 2.00. The number of carbonyl (C=O) groups is 1. The van der Waals surface area contributed by atoms with Gasteiger partial charge in [0.25, 0.3) is 0 Å². The molecular formula is C21H23N3O. The first kappa shape index (κ1) is 16.0. The standard InChI is InChI=1S/C21H23N3O/c25-18(13-17-9-4-5-12-22-17)14-24-15-23-20-11-6-10-19(21(20)24)16-7-2-1-3-8-16/h1-3,6-8,10-11,15,17,22H,4-5,9,12-14H2/t17-/m0/s1. The summed E-state index contributed by atoms with van der Waals surface area (Å²) in [7, 11) is 0. The van der Waals surface area contributed by atoms with E-state index in [0.29, 0.717) is 19.0 Å². The van der Waals surface area contributed by atoms with Gasteiger partial charge in [-0.2, -0.15) is 0 Å². The molecule has 1 N–H and O–H groups in total. The Balaban J connectivity index is 1.60. The normalized spacial score (nSPS) is 17.7. The average Bonchev–Trinajstić information content (AvgIpc) is 3.06. The average molecular weight is 333 g/mol. The molecule has 0 amide bonds.